The summed E-state index contributed by atoms with van der Waals surface area (Å²) >= 11 is 0. The quantitative estimate of drug-likeness (QED) is 0.780. The second-order valence-electron chi connectivity index (χ2n) is 4.73. The molecule has 2 bridgehead atoms. The van der Waals surface area contributed by atoms with E-state index < -0.39 is 5.95 Å². The number of halogens is 2. The zero-order valence-corrected chi connectivity index (χ0v) is 11.3. The number of anilines is 1. The molecule has 104 valence electrons. The van der Waals surface area contributed by atoms with Crippen LogP contribution in [0.5, 0.6) is 0 Å². The van der Waals surface area contributed by atoms with Gasteiger partial charge in [0.05, 0.1) is 5.69 Å². The number of carbonyl (C=O) groups is 1. The number of aromatic nitrogens is 1. The molecule has 2 N–H and O–H groups in total. The summed E-state index contributed by atoms with van der Waals surface area (Å²) in [5.74, 6) is -0.936. The van der Waals surface area contributed by atoms with Gasteiger partial charge in [-0.25, -0.2) is 4.98 Å². The molecule has 3 rings (SSSR count). The lowest BCUT2D eigenvalue weighted by atomic mass is 10.2. The van der Waals surface area contributed by atoms with Gasteiger partial charge in [0.2, 0.25) is 5.95 Å². The molecule has 0 spiro atoms. The number of nitrogens with one attached hydrogen (secondary N) is 2. The van der Waals surface area contributed by atoms with Crippen LogP contribution in [0.4, 0.5) is 10.1 Å². The lowest BCUT2D eigenvalue weighted by Crippen LogP contribution is -2.44. The smallest absolute Gasteiger partial charge is 0.269 e. The first kappa shape index (κ1) is 14.0. The Labute approximate surface area is 117 Å². The van der Waals surface area contributed by atoms with Crippen LogP contribution in [0, 0.1) is 5.95 Å². The molecule has 3 heterocycles. The maximum absolute atomic E-state index is 14.0. The van der Waals surface area contributed by atoms with E-state index in [9.17, 15) is 9.18 Å². The molecule has 2 aliphatic rings. The minimum absolute atomic E-state index is 0. The van der Waals surface area contributed by atoms with Crippen molar-refractivity contribution in [1.82, 2.24) is 15.6 Å². The third kappa shape index (κ3) is 2.37. The van der Waals surface area contributed by atoms with Crippen LogP contribution in [0.2, 0.25) is 0 Å². The average molecular weight is 287 g/mol. The summed E-state index contributed by atoms with van der Waals surface area (Å²) in [6.07, 6.45) is 1.05. The Morgan fingerprint density at radius 1 is 1.58 bits per heavy atom. The van der Waals surface area contributed by atoms with Gasteiger partial charge in [0.1, 0.15) is 5.69 Å². The Hall–Kier alpha value is -1.40. The van der Waals surface area contributed by atoms with Crippen molar-refractivity contribution in [2.45, 2.75) is 18.5 Å². The van der Waals surface area contributed by atoms with Crippen molar-refractivity contribution >= 4 is 24.0 Å². The molecule has 0 aromatic carbocycles. The molecule has 2 atom stereocenters. The van der Waals surface area contributed by atoms with Crippen LogP contribution < -0.4 is 15.5 Å². The van der Waals surface area contributed by atoms with Crippen molar-refractivity contribution in [3.63, 3.8) is 0 Å². The zero-order valence-electron chi connectivity index (χ0n) is 10.5. The number of rotatable bonds is 2. The van der Waals surface area contributed by atoms with Crippen LogP contribution in [0.15, 0.2) is 12.1 Å². The predicted octanol–water partition coefficient (Wildman–Crippen LogP) is 0.553. The summed E-state index contributed by atoms with van der Waals surface area (Å²) < 4.78 is 14.0. The first-order chi connectivity index (χ1) is 8.69. The van der Waals surface area contributed by atoms with Crippen molar-refractivity contribution in [1.29, 1.82) is 0 Å². The van der Waals surface area contributed by atoms with E-state index >= 15 is 0 Å². The topological polar surface area (TPSA) is 57.3 Å². The minimum atomic E-state index is -0.566. The number of piperazine rings is 1. The number of fused-ring (bicyclic) bond motifs is 2. The minimum Gasteiger partial charge on any atom is -0.362 e. The molecule has 19 heavy (non-hydrogen) atoms. The Morgan fingerprint density at radius 3 is 2.89 bits per heavy atom. The fourth-order valence-corrected chi connectivity index (χ4v) is 2.75. The van der Waals surface area contributed by atoms with E-state index in [1.807, 2.05) is 4.90 Å². The van der Waals surface area contributed by atoms with Gasteiger partial charge < -0.3 is 15.5 Å². The number of pyridine rings is 1. The van der Waals surface area contributed by atoms with Crippen LogP contribution in [0.1, 0.15) is 16.9 Å². The van der Waals surface area contributed by atoms with Gasteiger partial charge in [-0.15, -0.1) is 12.4 Å². The SMILES string of the molecule is CNC(=O)c1ccc(N2C[C@H]3C[C@@H]2CN3)c(F)n1.Cl. The predicted molar refractivity (Wildman–Crippen MR) is 72.4 cm³/mol. The van der Waals surface area contributed by atoms with E-state index in [0.717, 1.165) is 19.5 Å². The van der Waals surface area contributed by atoms with E-state index in [1.54, 1.807) is 12.1 Å². The summed E-state index contributed by atoms with van der Waals surface area (Å²) in [6.45, 7) is 1.70. The maximum atomic E-state index is 14.0. The maximum Gasteiger partial charge on any atom is 0.269 e. The fraction of sp³-hybridized carbons (Fsp3) is 0.500. The van der Waals surface area contributed by atoms with Crippen LogP contribution >= 0.6 is 12.4 Å². The highest BCUT2D eigenvalue weighted by Crippen LogP contribution is 2.30. The highest BCUT2D eigenvalue weighted by atomic mass is 35.5. The molecule has 7 heteroatoms. The van der Waals surface area contributed by atoms with Crippen LogP contribution in [0.25, 0.3) is 0 Å². The fourth-order valence-electron chi connectivity index (χ4n) is 2.75. The molecule has 1 aromatic rings. The van der Waals surface area contributed by atoms with Crippen molar-refractivity contribution in [2.24, 2.45) is 0 Å². The largest absolute Gasteiger partial charge is 0.362 e. The molecule has 0 unspecified atom stereocenters. The molecular formula is C12H16ClFN4O. The molecule has 1 amide bonds. The highest BCUT2D eigenvalue weighted by molar-refractivity contribution is 5.92. The van der Waals surface area contributed by atoms with E-state index in [1.165, 1.54) is 7.05 Å². The Morgan fingerprint density at radius 2 is 2.37 bits per heavy atom. The second-order valence-corrected chi connectivity index (χ2v) is 4.73. The van der Waals surface area contributed by atoms with E-state index in [4.69, 9.17) is 0 Å². The van der Waals surface area contributed by atoms with Gasteiger partial charge in [-0.3, -0.25) is 4.79 Å². The number of hydrogen-bond acceptors (Lipinski definition) is 4. The number of amides is 1. The Kier molecular flexibility index (Phi) is 3.91. The van der Waals surface area contributed by atoms with Crippen molar-refractivity contribution in [3.05, 3.63) is 23.8 Å². The van der Waals surface area contributed by atoms with E-state index in [-0.39, 0.29) is 24.0 Å². The second kappa shape index (κ2) is 5.30. The van der Waals surface area contributed by atoms with Gasteiger partial charge in [0, 0.05) is 32.2 Å². The third-order valence-electron chi connectivity index (χ3n) is 3.65. The first-order valence-corrected chi connectivity index (χ1v) is 6.07. The molecule has 2 saturated heterocycles. The molecule has 0 radical (unpaired) electrons. The van der Waals surface area contributed by atoms with Gasteiger partial charge >= 0.3 is 0 Å². The lowest BCUT2D eigenvalue weighted by molar-refractivity contribution is 0.0957. The van der Waals surface area contributed by atoms with E-state index in [0.29, 0.717) is 17.8 Å². The lowest BCUT2D eigenvalue weighted by Gasteiger charge is -2.29. The summed E-state index contributed by atoms with van der Waals surface area (Å²) in [7, 11) is 1.50. The summed E-state index contributed by atoms with van der Waals surface area (Å²) in [4.78, 5) is 17.1. The summed E-state index contributed by atoms with van der Waals surface area (Å²) in [6, 6.07) is 4.01. The van der Waals surface area contributed by atoms with Gasteiger partial charge in [0.15, 0.2) is 0 Å². The normalized spacial score (nSPS) is 24.2. The molecular weight excluding hydrogens is 271 g/mol. The number of nitrogens with zero attached hydrogens (tertiary/aromatic N) is 2. The van der Waals surface area contributed by atoms with Crippen molar-refractivity contribution in [2.75, 3.05) is 25.0 Å². The molecule has 2 aliphatic heterocycles. The van der Waals surface area contributed by atoms with Gasteiger partial charge in [-0.2, -0.15) is 4.39 Å². The number of hydrogen-bond donors (Lipinski definition) is 2. The Bertz CT molecular complexity index is 499. The van der Waals surface area contributed by atoms with Gasteiger partial charge in [-0.1, -0.05) is 0 Å². The first-order valence-electron chi connectivity index (χ1n) is 6.07. The van der Waals surface area contributed by atoms with Crippen LogP contribution in [-0.4, -0.2) is 43.1 Å². The molecule has 0 aliphatic carbocycles. The number of carbonyl (C=O) groups excluding carboxylic acids is 1. The summed E-state index contributed by atoms with van der Waals surface area (Å²) in [5, 5.41) is 5.80. The zero-order chi connectivity index (χ0) is 12.7. The van der Waals surface area contributed by atoms with Crippen molar-refractivity contribution in [3.8, 4) is 0 Å². The van der Waals surface area contributed by atoms with Crippen molar-refractivity contribution < 1.29 is 9.18 Å². The van der Waals surface area contributed by atoms with Crippen LogP contribution in [0.3, 0.4) is 0 Å². The molecule has 1 aromatic heterocycles. The standard InChI is InChI=1S/C12H15FN4O.ClH/c1-14-12(18)9-2-3-10(11(13)16-9)17-6-7-4-8(17)5-15-7;/h2-3,7-8,15H,4-6H2,1H3,(H,14,18);1H/t7-,8-;/m1./s1. The summed E-state index contributed by atoms with van der Waals surface area (Å²) in [5.41, 5.74) is 0.609. The molecule has 2 fully saturated rings. The highest BCUT2D eigenvalue weighted by Gasteiger charge is 2.38. The third-order valence-corrected chi connectivity index (χ3v) is 3.65. The monoisotopic (exact) mass is 286 g/mol. The average Bonchev–Trinajstić information content (AvgIpc) is 3.00. The molecule has 5 nitrogen and oxygen atoms in total. The van der Waals surface area contributed by atoms with Gasteiger partial charge in [-0.05, 0) is 18.6 Å². The van der Waals surface area contributed by atoms with Crippen LogP contribution in [-0.2, 0) is 0 Å². The Balaban J connectivity index is 0.00000133. The van der Waals surface area contributed by atoms with E-state index in [2.05, 4.69) is 15.6 Å². The molecule has 0 saturated carbocycles. The van der Waals surface area contributed by atoms with Gasteiger partial charge in [0.25, 0.3) is 5.91 Å².